The highest BCUT2D eigenvalue weighted by molar-refractivity contribution is 6.03. The number of fused-ring (bicyclic) bond motifs is 1. The third-order valence-electron chi connectivity index (χ3n) is 9.16. The smallest absolute Gasteiger partial charge is 0.416 e. The molecule has 1 aliphatic carbocycles. The number of piperidine rings is 1. The quantitative estimate of drug-likeness (QED) is 0.175. The predicted molar refractivity (Wildman–Crippen MR) is 163 cm³/mol. The number of likely N-dealkylation sites (tertiary alicyclic amines) is 1. The van der Waals surface area contributed by atoms with Crippen LogP contribution in [-0.4, -0.2) is 53.3 Å². The van der Waals surface area contributed by atoms with Gasteiger partial charge in [-0.05, 0) is 91.8 Å². The minimum absolute atomic E-state index is 0.0721. The molecule has 0 radical (unpaired) electrons. The fourth-order valence-corrected chi connectivity index (χ4v) is 6.61. The molecule has 0 aromatic heterocycles. The van der Waals surface area contributed by atoms with Crippen LogP contribution in [-0.2, 0) is 23.8 Å². The number of carboxylic acid groups (broad SMARTS) is 1. The largest absolute Gasteiger partial charge is 0.478 e. The molecule has 6 nitrogen and oxygen atoms in total. The number of benzene rings is 3. The summed E-state index contributed by atoms with van der Waals surface area (Å²) in [5.74, 6) is -1.12. The van der Waals surface area contributed by atoms with E-state index in [1.165, 1.54) is 17.7 Å². The number of Topliss-reactive ketones (excluding diaryl/α,β-unsaturated/α-hetero) is 1. The molecule has 0 spiro atoms. The van der Waals surface area contributed by atoms with E-state index in [0.29, 0.717) is 48.4 Å². The molecule has 2 atom stereocenters. The van der Waals surface area contributed by atoms with Crippen molar-refractivity contribution in [2.75, 3.05) is 19.8 Å². The molecule has 5 rings (SSSR count). The maximum atomic E-state index is 13.8. The Morgan fingerprint density at radius 3 is 2.16 bits per heavy atom. The van der Waals surface area contributed by atoms with E-state index in [2.05, 4.69) is 6.07 Å². The first kappa shape index (κ1) is 32.6. The number of carbonyl (C=O) groups is 2. The first-order valence-electron chi connectivity index (χ1n) is 15.4. The van der Waals surface area contributed by atoms with Crippen LogP contribution in [0.5, 0.6) is 5.75 Å². The van der Waals surface area contributed by atoms with Crippen molar-refractivity contribution in [3.63, 3.8) is 0 Å². The summed E-state index contributed by atoms with van der Waals surface area (Å²) >= 11 is 0. The summed E-state index contributed by atoms with van der Waals surface area (Å²) in [5.41, 5.74) is 8.29. The van der Waals surface area contributed by atoms with Gasteiger partial charge in [0.25, 0.3) is 0 Å². The molecule has 3 N–H and O–H groups in total. The number of nitrogens with zero attached hydrogens (tertiary/aromatic N) is 1. The van der Waals surface area contributed by atoms with Crippen molar-refractivity contribution in [1.82, 2.24) is 4.90 Å². The number of hydrogen-bond acceptors (Lipinski definition) is 5. The third-order valence-corrected chi connectivity index (χ3v) is 9.16. The van der Waals surface area contributed by atoms with Crippen LogP contribution in [0.3, 0.4) is 0 Å². The summed E-state index contributed by atoms with van der Waals surface area (Å²) < 4.78 is 58.4. The highest BCUT2D eigenvalue weighted by atomic mass is 19.4. The molecule has 0 saturated carbocycles. The molecule has 1 saturated heterocycles. The minimum atomic E-state index is -4.43. The van der Waals surface area contributed by atoms with E-state index in [0.717, 1.165) is 43.4 Å². The Morgan fingerprint density at radius 2 is 1.56 bits per heavy atom. The van der Waals surface area contributed by atoms with Crippen molar-refractivity contribution < 1.29 is 37.0 Å². The summed E-state index contributed by atoms with van der Waals surface area (Å²) in [6.45, 7) is 0.0254. The number of carbonyl (C=O) groups excluding carboxylic acids is 1. The number of hydrogen-bond donors (Lipinski definition) is 2. The lowest BCUT2D eigenvalue weighted by Crippen LogP contribution is -2.64. The van der Waals surface area contributed by atoms with Gasteiger partial charge in [-0.15, -0.1) is 0 Å². The van der Waals surface area contributed by atoms with Gasteiger partial charge in [-0.25, -0.2) is 4.79 Å². The fraction of sp³-hybridized carbons (Fsp3) is 0.429. The van der Waals surface area contributed by atoms with Crippen molar-refractivity contribution >= 4 is 11.8 Å². The van der Waals surface area contributed by atoms with E-state index in [1.807, 2.05) is 17.0 Å². The standard InChI is InChI=1S/C35H38F4N2O4/c36-20-4-19-34(40,32(42)27-11-9-23(10-12-27)24-13-15-28(16-14-24)35(37,38)39)41-21-17-26(18-22-41)31(33(43)44)45-30-8-3-6-25-5-1-2-7-29(25)30/h3,6,8-16,26,31H,1-2,4-5,7,17-22,40H2,(H,43,44). The Morgan fingerprint density at radius 1 is 0.933 bits per heavy atom. The number of ketones is 1. The molecule has 0 bridgehead atoms. The zero-order valence-electron chi connectivity index (χ0n) is 25.0. The van der Waals surface area contributed by atoms with Crippen molar-refractivity contribution in [2.24, 2.45) is 11.7 Å². The van der Waals surface area contributed by atoms with Gasteiger partial charge in [0.15, 0.2) is 11.9 Å². The molecule has 3 aromatic carbocycles. The van der Waals surface area contributed by atoms with Crippen LogP contribution in [0.25, 0.3) is 11.1 Å². The van der Waals surface area contributed by atoms with Gasteiger partial charge in [0.05, 0.1) is 12.2 Å². The van der Waals surface area contributed by atoms with Crippen LogP contribution in [0.4, 0.5) is 17.6 Å². The lowest BCUT2D eigenvalue weighted by atomic mass is 9.85. The Kier molecular flexibility index (Phi) is 9.94. The Bertz CT molecular complexity index is 1480. The summed E-state index contributed by atoms with van der Waals surface area (Å²) in [6, 6.07) is 17.0. The highest BCUT2D eigenvalue weighted by Gasteiger charge is 2.44. The number of aryl methyl sites for hydroxylation is 1. The normalized spacial score (nSPS) is 18.1. The first-order chi connectivity index (χ1) is 21.5. The third kappa shape index (κ3) is 7.23. The molecule has 2 unspecified atom stereocenters. The van der Waals surface area contributed by atoms with E-state index >= 15 is 0 Å². The molecule has 1 aliphatic heterocycles. The van der Waals surface area contributed by atoms with Crippen molar-refractivity contribution in [3.05, 3.63) is 89.0 Å². The maximum Gasteiger partial charge on any atom is 0.416 e. The van der Waals surface area contributed by atoms with Gasteiger partial charge >= 0.3 is 12.1 Å². The molecule has 45 heavy (non-hydrogen) atoms. The number of rotatable bonds is 11. The summed E-state index contributed by atoms with van der Waals surface area (Å²) in [5, 5.41) is 10.1. The van der Waals surface area contributed by atoms with Gasteiger partial charge in [0.2, 0.25) is 0 Å². The maximum absolute atomic E-state index is 13.8. The fourth-order valence-electron chi connectivity index (χ4n) is 6.61. The van der Waals surface area contributed by atoms with Crippen LogP contribution < -0.4 is 10.5 Å². The van der Waals surface area contributed by atoms with Gasteiger partial charge in [-0.2, -0.15) is 13.2 Å². The van der Waals surface area contributed by atoms with Crippen molar-refractivity contribution in [1.29, 1.82) is 0 Å². The average Bonchev–Trinajstić information content (AvgIpc) is 3.05. The number of alkyl halides is 4. The van der Waals surface area contributed by atoms with E-state index < -0.39 is 41.9 Å². The monoisotopic (exact) mass is 626 g/mol. The topological polar surface area (TPSA) is 92.9 Å². The summed E-state index contributed by atoms with van der Waals surface area (Å²) in [6.07, 6.45) is -0.534. The number of carboxylic acids is 1. The van der Waals surface area contributed by atoms with Gasteiger partial charge in [0, 0.05) is 24.6 Å². The number of nitrogens with two attached hydrogens (primary N) is 1. The molecule has 2 aliphatic rings. The van der Waals surface area contributed by atoms with Gasteiger partial charge < -0.3 is 15.6 Å². The molecule has 240 valence electrons. The Labute approximate surface area is 260 Å². The molecule has 10 heteroatoms. The second-order valence-electron chi connectivity index (χ2n) is 12.0. The lowest BCUT2D eigenvalue weighted by Gasteiger charge is -2.44. The predicted octanol–water partition coefficient (Wildman–Crippen LogP) is 7.08. The van der Waals surface area contributed by atoms with Crippen LogP contribution in [0.1, 0.15) is 65.6 Å². The SMILES string of the molecule is NC(CCCF)(C(=O)c1ccc(-c2ccc(C(F)(F)F)cc2)cc1)N1CCC(C(Oc2cccc3c2CCCC3)C(=O)O)CC1. The first-order valence-corrected chi connectivity index (χ1v) is 15.4. The van der Waals surface area contributed by atoms with E-state index in [-0.39, 0.29) is 18.8 Å². The number of aliphatic carboxylic acids is 1. The van der Waals surface area contributed by atoms with Gasteiger partial charge in [-0.3, -0.25) is 14.1 Å². The second kappa shape index (κ2) is 13.7. The van der Waals surface area contributed by atoms with Crippen LogP contribution >= 0.6 is 0 Å². The van der Waals surface area contributed by atoms with E-state index in [4.69, 9.17) is 10.5 Å². The molecule has 1 fully saturated rings. The second-order valence-corrected chi connectivity index (χ2v) is 12.0. The molecule has 0 amide bonds. The molecular formula is C35H38F4N2O4. The van der Waals surface area contributed by atoms with Gasteiger partial charge in [0.1, 0.15) is 11.4 Å². The molecule has 3 aromatic rings. The minimum Gasteiger partial charge on any atom is -0.478 e. The van der Waals surface area contributed by atoms with Crippen LogP contribution in [0.15, 0.2) is 66.7 Å². The Balaban J connectivity index is 1.29. The van der Waals surface area contributed by atoms with E-state index in [9.17, 15) is 32.3 Å². The zero-order valence-corrected chi connectivity index (χ0v) is 25.0. The average molecular weight is 627 g/mol. The van der Waals surface area contributed by atoms with Crippen molar-refractivity contribution in [3.8, 4) is 16.9 Å². The summed E-state index contributed by atoms with van der Waals surface area (Å²) in [7, 11) is 0. The lowest BCUT2D eigenvalue weighted by molar-refractivity contribution is -0.149. The molecule has 1 heterocycles. The number of halogens is 4. The van der Waals surface area contributed by atoms with Crippen LogP contribution in [0.2, 0.25) is 0 Å². The highest BCUT2D eigenvalue weighted by Crippen LogP contribution is 2.35. The van der Waals surface area contributed by atoms with Gasteiger partial charge in [-0.1, -0.05) is 48.5 Å². The van der Waals surface area contributed by atoms with Crippen LogP contribution in [0, 0.1) is 5.92 Å². The zero-order chi connectivity index (χ0) is 32.2. The number of ether oxygens (including phenoxy) is 1. The summed E-state index contributed by atoms with van der Waals surface area (Å²) in [4.78, 5) is 28.0. The Hall–Kier alpha value is -3.76. The molecular weight excluding hydrogens is 588 g/mol. The van der Waals surface area contributed by atoms with Crippen molar-refractivity contribution in [2.45, 2.75) is 69.3 Å². The van der Waals surface area contributed by atoms with E-state index in [1.54, 1.807) is 24.3 Å².